The van der Waals surface area contributed by atoms with Crippen LogP contribution < -0.4 is 10.1 Å². The van der Waals surface area contributed by atoms with Crippen molar-refractivity contribution in [2.75, 3.05) is 26.2 Å². The molecule has 7 heteroatoms. The molecule has 1 fully saturated rings. The minimum atomic E-state index is -4.67. The molecule has 1 saturated heterocycles. The molecule has 1 atom stereocenters. The topological polar surface area (TPSA) is 24.5 Å². The first-order valence-electron chi connectivity index (χ1n) is 8.41. The third-order valence-corrected chi connectivity index (χ3v) is 4.23. The van der Waals surface area contributed by atoms with Crippen molar-refractivity contribution in [1.29, 1.82) is 0 Å². The minimum absolute atomic E-state index is 0. The van der Waals surface area contributed by atoms with E-state index in [0.29, 0.717) is 5.56 Å². The van der Waals surface area contributed by atoms with E-state index in [1.165, 1.54) is 6.07 Å². The number of ether oxygens (including phenoxy) is 1. The summed E-state index contributed by atoms with van der Waals surface area (Å²) >= 11 is 0. The number of allylic oxidation sites excluding steroid dienone is 1. The molecule has 2 rings (SSSR count). The lowest BCUT2D eigenvalue weighted by Crippen LogP contribution is -2.45. The van der Waals surface area contributed by atoms with Gasteiger partial charge in [0.25, 0.3) is 0 Å². The average Bonchev–Trinajstić information content (AvgIpc) is 2.55. The van der Waals surface area contributed by atoms with Gasteiger partial charge in [0, 0.05) is 37.8 Å². The van der Waals surface area contributed by atoms with Crippen molar-refractivity contribution in [3.05, 3.63) is 42.5 Å². The third kappa shape index (κ3) is 7.26. The van der Waals surface area contributed by atoms with E-state index in [-0.39, 0.29) is 24.2 Å². The second kappa shape index (κ2) is 10.7. The largest absolute Gasteiger partial charge is 0.573 e. The predicted octanol–water partition coefficient (Wildman–Crippen LogP) is 4.70. The van der Waals surface area contributed by atoms with Gasteiger partial charge in [0.05, 0.1) is 0 Å². The van der Waals surface area contributed by atoms with Crippen LogP contribution in [0.2, 0.25) is 0 Å². The Balaban J connectivity index is 0.00000312. The number of rotatable bonds is 8. The summed E-state index contributed by atoms with van der Waals surface area (Å²) in [5.41, 5.74) is 0.621. The number of alkyl halides is 3. The smallest absolute Gasteiger partial charge is 0.405 e. The van der Waals surface area contributed by atoms with Gasteiger partial charge in [-0.3, -0.25) is 4.90 Å². The molecule has 1 aliphatic rings. The Morgan fingerprint density at radius 3 is 2.52 bits per heavy atom. The molecule has 142 valence electrons. The van der Waals surface area contributed by atoms with Gasteiger partial charge >= 0.3 is 6.36 Å². The van der Waals surface area contributed by atoms with Crippen molar-refractivity contribution >= 4 is 12.4 Å². The van der Waals surface area contributed by atoms with E-state index in [1.54, 1.807) is 18.2 Å². The van der Waals surface area contributed by atoms with Gasteiger partial charge in [-0.2, -0.15) is 0 Å². The molecule has 0 aliphatic carbocycles. The standard InChI is InChI=1S/C18H25F3N2O.ClH/c1-2-3-4-5-9-16(23-13-11-22-12-14-23)15-8-6-7-10-17(15)24-18(19,20)21;/h2,6-8,10,16,22H,1,3-5,9,11-14H2;1H/t16-;/m1./s1. The van der Waals surface area contributed by atoms with Crippen LogP contribution in [0.5, 0.6) is 5.75 Å². The number of hydrogen-bond donors (Lipinski definition) is 1. The molecule has 0 unspecified atom stereocenters. The Morgan fingerprint density at radius 1 is 1.20 bits per heavy atom. The lowest BCUT2D eigenvalue weighted by Gasteiger charge is -2.36. The maximum Gasteiger partial charge on any atom is 0.573 e. The number of unbranched alkanes of at least 4 members (excludes halogenated alkanes) is 2. The van der Waals surface area contributed by atoms with E-state index in [4.69, 9.17) is 0 Å². The molecule has 0 bridgehead atoms. The molecule has 3 nitrogen and oxygen atoms in total. The van der Waals surface area contributed by atoms with E-state index < -0.39 is 6.36 Å². The predicted molar refractivity (Wildman–Crippen MR) is 96.2 cm³/mol. The van der Waals surface area contributed by atoms with Crippen LogP contribution in [0.25, 0.3) is 0 Å². The normalized spacial score (nSPS) is 16.8. The number of hydrogen-bond acceptors (Lipinski definition) is 3. The van der Waals surface area contributed by atoms with Gasteiger partial charge in [-0.25, -0.2) is 0 Å². The fourth-order valence-corrected chi connectivity index (χ4v) is 3.13. The Hall–Kier alpha value is -1.24. The fourth-order valence-electron chi connectivity index (χ4n) is 3.13. The number of halogens is 4. The van der Waals surface area contributed by atoms with Crippen LogP contribution in [0.15, 0.2) is 36.9 Å². The summed E-state index contributed by atoms with van der Waals surface area (Å²) in [7, 11) is 0. The first kappa shape index (κ1) is 21.8. The summed E-state index contributed by atoms with van der Waals surface area (Å²) in [6.07, 6.45) is 0.879. The van der Waals surface area contributed by atoms with E-state index in [1.807, 2.05) is 6.08 Å². The molecular weight excluding hydrogens is 353 g/mol. The van der Waals surface area contributed by atoms with Gasteiger partial charge in [0.2, 0.25) is 0 Å². The summed E-state index contributed by atoms with van der Waals surface area (Å²) in [6, 6.07) is 6.45. The van der Waals surface area contributed by atoms with Crippen LogP contribution in [-0.2, 0) is 0 Å². The van der Waals surface area contributed by atoms with Gasteiger partial charge in [-0.15, -0.1) is 32.2 Å². The summed E-state index contributed by atoms with van der Waals surface area (Å²) in [5.74, 6) is -0.0859. The minimum Gasteiger partial charge on any atom is -0.405 e. The maximum absolute atomic E-state index is 12.7. The highest BCUT2D eigenvalue weighted by Crippen LogP contribution is 2.36. The highest BCUT2D eigenvalue weighted by Gasteiger charge is 2.33. The SMILES string of the molecule is C=CCCCC[C@H](c1ccccc1OC(F)(F)F)N1CCNCC1.Cl. The van der Waals surface area contributed by atoms with E-state index >= 15 is 0 Å². The molecule has 0 aromatic heterocycles. The Kier molecular flexibility index (Phi) is 9.32. The summed E-state index contributed by atoms with van der Waals surface area (Å²) in [4.78, 5) is 2.25. The highest BCUT2D eigenvalue weighted by atomic mass is 35.5. The number of benzene rings is 1. The molecule has 1 aliphatic heterocycles. The number of nitrogens with one attached hydrogen (secondary N) is 1. The Morgan fingerprint density at radius 2 is 1.88 bits per heavy atom. The van der Waals surface area contributed by atoms with Gasteiger partial charge in [0.1, 0.15) is 5.75 Å². The van der Waals surface area contributed by atoms with Crippen molar-refractivity contribution in [2.24, 2.45) is 0 Å². The first-order valence-corrected chi connectivity index (χ1v) is 8.41. The number of para-hydroxylation sites is 1. The number of piperazine rings is 1. The van der Waals surface area contributed by atoms with Crippen LogP contribution in [0.4, 0.5) is 13.2 Å². The molecular formula is C18H26ClF3N2O. The zero-order chi connectivity index (χ0) is 17.4. The molecule has 1 aromatic rings. The van der Waals surface area contributed by atoms with Crippen molar-refractivity contribution in [3.63, 3.8) is 0 Å². The van der Waals surface area contributed by atoms with Crippen LogP contribution in [-0.4, -0.2) is 37.4 Å². The Labute approximate surface area is 153 Å². The Bertz CT molecular complexity index is 519. The first-order chi connectivity index (χ1) is 11.5. The van der Waals surface area contributed by atoms with E-state index in [2.05, 4.69) is 21.5 Å². The molecule has 0 spiro atoms. The number of nitrogens with zero attached hydrogens (tertiary/aromatic N) is 1. The molecule has 1 heterocycles. The second-order valence-electron chi connectivity index (χ2n) is 5.96. The molecule has 0 radical (unpaired) electrons. The van der Waals surface area contributed by atoms with Crippen molar-refractivity contribution in [1.82, 2.24) is 10.2 Å². The lowest BCUT2D eigenvalue weighted by atomic mass is 9.97. The van der Waals surface area contributed by atoms with Crippen LogP contribution >= 0.6 is 12.4 Å². The summed E-state index contributed by atoms with van der Waals surface area (Å²) in [5, 5.41) is 3.28. The molecule has 0 amide bonds. The van der Waals surface area contributed by atoms with Crippen molar-refractivity contribution in [3.8, 4) is 5.75 Å². The van der Waals surface area contributed by atoms with Crippen molar-refractivity contribution < 1.29 is 17.9 Å². The van der Waals surface area contributed by atoms with Gasteiger partial charge in [-0.1, -0.05) is 30.7 Å². The van der Waals surface area contributed by atoms with Crippen LogP contribution in [0.1, 0.15) is 37.3 Å². The van der Waals surface area contributed by atoms with E-state index in [0.717, 1.165) is 51.9 Å². The van der Waals surface area contributed by atoms with Crippen LogP contribution in [0.3, 0.4) is 0 Å². The van der Waals surface area contributed by atoms with Gasteiger partial charge < -0.3 is 10.1 Å². The lowest BCUT2D eigenvalue weighted by molar-refractivity contribution is -0.275. The summed E-state index contributed by atoms with van der Waals surface area (Å²) in [6.45, 7) is 7.07. The van der Waals surface area contributed by atoms with Crippen molar-refractivity contribution in [2.45, 2.75) is 38.1 Å². The molecule has 1 N–H and O–H groups in total. The molecule has 1 aromatic carbocycles. The second-order valence-corrected chi connectivity index (χ2v) is 5.96. The summed E-state index contributed by atoms with van der Waals surface area (Å²) < 4.78 is 42.4. The van der Waals surface area contributed by atoms with E-state index in [9.17, 15) is 13.2 Å². The maximum atomic E-state index is 12.7. The van der Waals surface area contributed by atoms with Gasteiger partial charge in [-0.05, 0) is 25.3 Å². The third-order valence-electron chi connectivity index (χ3n) is 4.23. The zero-order valence-electron chi connectivity index (χ0n) is 14.2. The monoisotopic (exact) mass is 378 g/mol. The fraction of sp³-hybridized carbons (Fsp3) is 0.556. The van der Waals surface area contributed by atoms with Gasteiger partial charge in [0.15, 0.2) is 0 Å². The van der Waals surface area contributed by atoms with Crippen LogP contribution in [0, 0.1) is 0 Å². The molecule has 25 heavy (non-hydrogen) atoms. The quantitative estimate of drug-likeness (QED) is 0.524. The average molecular weight is 379 g/mol. The molecule has 0 saturated carbocycles. The highest BCUT2D eigenvalue weighted by molar-refractivity contribution is 5.85. The zero-order valence-corrected chi connectivity index (χ0v) is 15.0.